The number of carbonyl (C=O) groups excluding carboxylic acids is 1. The summed E-state index contributed by atoms with van der Waals surface area (Å²) < 4.78 is 34.6. The fraction of sp³-hybridized carbons (Fsp3) is 0.839. The Bertz CT molecular complexity index is 2350. The topological polar surface area (TPSA) is 307 Å². The molecule has 19 nitrogen and oxygen atoms in total. The summed E-state index contributed by atoms with van der Waals surface area (Å²) in [5, 5.41) is 121. The van der Waals surface area contributed by atoms with Gasteiger partial charge in [-0.3, -0.25) is 4.79 Å². The number of hydrogen-bond acceptors (Lipinski definition) is 18. The van der Waals surface area contributed by atoms with Crippen LogP contribution in [0, 0.1) is 0 Å². The number of amides is 1. The normalized spacial score (nSPS) is 25.3. The highest BCUT2D eigenvalue weighted by Gasteiger charge is 2.54. The molecule has 0 aromatic rings. The Labute approximate surface area is 680 Å². The maximum absolute atomic E-state index is 13.6. The van der Waals surface area contributed by atoms with E-state index in [2.05, 4.69) is 104 Å². The van der Waals surface area contributed by atoms with Crippen molar-refractivity contribution in [1.29, 1.82) is 0 Å². The minimum atomic E-state index is -1.98. The van der Waals surface area contributed by atoms with Crippen molar-refractivity contribution in [2.75, 3.05) is 26.4 Å². The molecule has 17 atom stereocenters. The highest BCUT2D eigenvalue weighted by atomic mass is 16.8. The summed E-state index contributed by atoms with van der Waals surface area (Å²) in [6.07, 6.45) is 71.1. The van der Waals surface area contributed by atoms with E-state index < -0.39 is 124 Å². The van der Waals surface area contributed by atoms with Crippen molar-refractivity contribution < 1.29 is 89.4 Å². The molecule has 3 rings (SSSR count). The quantitative estimate of drug-likeness (QED) is 0.0199. The van der Waals surface area contributed by atoms with Crippen LogP contribution < -0.4 is 5.32 Å². The van der Waals surface area contributed by atoms with Crippen LogP contribution in [0.1, 0.15) is 367 Å². The third kappa shape index (κ3) is 50.0. The van der Waals surface area contributed by atoms with Crippen molar-refractivity contribution >= 4 is 5.91 Å². The van der Waals surface area contributed by atoms with Crippen LogP contribution in [-0.2, 0) is 33.2 Å². The fourth-order valence-electron chi connectivity index (χ4n) is 15.2. The van der Waals surface area contributed by atoms with Crippen molar-refractivity contribution in [3.63, 3.8) is 0 Å². The summed E-state index contributed by atoms with van der Waals surface area (Å²) in [7, 11) is 0. The van der Waals surface area contributed by atoms with Gasteiger partial charge in [0.25, 0.3) is 0 Å². The number of aliphatic hydroxyl groups excluding tert-OH is 11. The van der Waals surface area contributed by atoms with E-state index in [1.54, 1.807) is 0 Å². The van der Waals surface area contributed by atoms with Crippen LogP contribution in [0.4, 0.5) is 0 Å². The lowest BCUT2D eigenvalue weighted by Crippen LogP contribution is -2.66. The molecule has 3 aliphatic heterocycles. The molecule has 112 heavy (non-hydrogen) atoms. The third-order valence-electron chi connectivity index (χ3n) is 22.5. The first kappa shape index (κ1) is 103. The lowest BCUT2D eigenvalue weighted by atomic mass is 9.96. The number of carbonyl (C=O) groups is 1. The van der Waals surface area contributed by atoms with E-state index in [4.69, 9.17) is 28.4 Å². The summed E-state index contributed by atoms with van der Waals surface area (Å²) in [5.41, 5.74) is 0. The molecule has 0 radical (unpaired) electrons. The van der Waals surface area contributed by atoms with E-state index in [0.29, 0.717) is 12.8 Å². The van der Waals surface area contributed by atoms with Crippen LogP contribution in [0.15, 0.2) is 85.1 Å². The van der Waals surface area contributed by atoms with Crippen molar-refractivity contribution in [3.05, 3.63) is 85.1 Å². The molecule has 3 saturated heterocycles. The number of allylic oxidation sites excluding steroid dienone is 14. The van der Waals surface area contributed by atoms with Gasteiger partial charge in [-0.05, 0) is 70.6 Å². The van der Waals surface area contributed by atoms with Gasteiger partial charge in [0.15, 0.2) is 18.9 Å². The maximum Gasteiger partial charge on any atom is 0.220 e. The first-order valence-corrected chi connectivity index (χ1v) is 45.8. The first-order chi connectivity index (χ1) is 54.8. The molecule has 3 aliphatic rings. The summed E-state index contributed by atoms with van der Waals surface area (Å²) in [5.74, 6) is -0.240. The average molecular weight is 1590 g/mol. The van der Waals surface area contributed by atoms with Crippen LogP contribution in [-0.4, -0.2) is 193 Å². The second kappa shape index (κ2) is 72.0. The van der Waals surface area contributed by atoms with Gasteiger partial charge in [-0.2, -0.15) is 0 Å². The van der Waals surface area contributed by atoms with Crippen molar-refractivity contribution in [2.24, 2.45) is 0 Å². The predicted octanol–water partition coefficient (Wildman–Crippen LogP) is 17.7. The van der Waals surface area contributed by atoms with Gasteiger partial charge >= 0.3 is 0 Å². The monoisotopic (exact) mass is 1590 g/mol. The summed E-state index contributed by atoms with van der Waals surface area (Å²) >= 11 is 0. The number of rotatable bonds is 74. The molecular weight excluding hydrogens is 1420 g/mol. The smallest absolute Gasteiger partial charge is 0.220 e. The van der Waals surface area contributed by atoms with Crippen molar-refractivity contribution in [3.8, 4) is 0 Å². The average Bonchev–Trinajstić information content (AvgIpc) is 0.781. The van der Waals surface area contributed by atoms with Gasteiger partial charge < -0.3 is 89.9 Å². The molecule has 1 amide bonds. The lowest BCUT2D eigenvalue weighted by Gasteiger charge is -2.48. The second-order valence-corrected chi connectivity index (χ2v) is 32.4. The van der Waals surface area contributed by atoms with Gasteiger partial charge in [-0.25, -0.2) is 0 Å². The van der Waals surface area contributed by atoms with Gasteiger partial charge in [-0.15, -0.1) is 0 Å². The highest BCUT2D eigenvalue weighted by molar-refractivity contribution is 5.76. The number of unbranched alkanes of at least 4 members (excludes halogenated alkanes) is 44. The Balaban J connectivity index is 1.32. The third-order valence-corrected chi connectivity index (χ3v) is 22.5. The number of hydrogen-bond donors (Lipinski definition) is 12. The van der Waals surface area contributed by atoms with Crippen LogP contribution in [0.2, 0.25) is 0 Å². The highest BCUT2D eigenvalue weighted by Crippen LogP contribution is 2.34. The number of aliphatic hydroxyl groups is 11. The number of nitrogens with one attached hydrogen (secondary N) is 1. The summed E-state index contributed by atoms with van der Waals surface area (Å²) in [4.78, 5) is 13.6. The Hall–Kier alpha value is -3.03. The molecule has 0 spiro atoms. The van der Waals surface area contributed by atoms with Crippen LogP contribution in [0.3, 0.4) is 0 Å². The molecule has 0 aromatic carbocycles. The van der Waals surface area contributed by atoms with Gasteiger partial charge in [0.2, 0.25) is 5.91 Å². The van der Waals surface area contributed by atoms with Gasteiger partial charge in [0.05, 0.1) is 38.6 Å². The Morgan fingerprint density at radius 1 is 0.330 bits per heavy atom. The van der Waals surface area contributed by atoms with Crippen LogP contribution >= 0.6 is 0 Å². The van der Waals surface area contributed by atoms with E-state index in [0.717, 1.165) is 96.3 Å². The summed E-state index contributed by atoms with van der Waals surface area (Å²) in [6.45, 7) is 1.74. The zero-order valence-corrected chi connectivity index (χ0v) is 70.4. The zero-order chi connectivity index (χ0) is 81.0. The SMILES string of the molecule is CC/C=C\C/C=C\C/C=C\C/C=C\C/C=C\C/C=C\C/C=C\CCCCCCCCCCCCCCCCCC(=O)NC(COC1OC(CO)C(OC2OC(CO)C(OC3OC(CO)C(O)C(O)C3O)C(O)C2O)C(O)C1O)C(O)CCCCCCCCCCCCCCCCCCCCCCCCCCCCCCCC. The molecule has 17 unspecified atom stereocenters. The molecular formula is C93H167NO18. The minimum Gasteiger partial charge on any atom is -0.394 e. The molecule has 0 aromatic heterocycles. The van der Waals surface area contributed by atoms with E-state index in [9.17, 15) is 61.0 Å². The fourth-order valence-corrected chi connectivity index (χ4v) is 15.2. The van der Waals surface area contributed by atoms with Gasteiger partial charge in [-0.1, -0.05) is 375 Å². The number of ether oxygens (including phenoxy) is 6. The first-order valence-electron chi connectivity index (χ1n) is 45.8. The molecule has 0 aliphatic carbocycles. The molecule has 19 heteroatoms. The lowest BCUT2D eigenvalue weighted by molar-refractivity contribution is -0.379. The van der Waals surface area contributed by atoms with E-state index in [1.807, 2.05) is 0 Å². The Morgan fingerprint density at radius 2 is 0.616 bits per heavy atom. The van der Waals surface area contributed by atoms with Gasteiger partial charge in [0.1, 0.15) is 73.2 Å². The van der Waals surface area contributed by atoms with Crippen molar-refractivity contribution in [2.45, 2.75) is 471 Å². The van der Waals surface area contributed by atoms with Gasteiger partial charge in [0, 0.05) is 6.42 Å². The van der Waals surface area contributed by atoms with E-state index >= 15 is 0 Å². The molecule has 0 bridgehead atoms. The molecule has 0 saturated carbocycles. The predicted molar refractivity (Wildman–Crippen MR) is 452 cm³/mol. The van der Waals surface area contributed by atoms with E-state index in [1.165, 1.54) is 238 Å². The Kier molecular flexibility index (Phi) is 66.3. The Morgan fingerprint density at radius 3 is 0.964 bits per heavy atom. The van der Waals surface area contributed by atoms with Crippen molar-refractivity contribution in [1.82, 2.24) is 5.32 Å². The molecule has 3 fully saturated rings. The molecule has 3 heterocycles. The summed E-state index contributed by atoms with van der Waals surface area (Å²) in [6, 6.07) is -0.893. The zero-order valence-electron chi connectivity index (χ0n) is 70.4. The van der Waals surface area contributed by atoms with E-state index in [-0.39, 0.29) is 18.9 Å². The minimum absolute atomic E-state index is 0.240. The van der Waals surface area contributed by atoms with Crippen LogP contribution in [0.25, 0.3) is 0 Å². The molecule has 12 N–H and O–H groups in total. The largest absolute Gasteiger partial charge is 0.394 e. The maximum atomic E-state index is 13.6. The standard InChI is InChI=1S/C93H167NO18/c1-3-5-7-9-11-13-15-17-19-21-23-25-27-29-31-33-35-36-37-38-39-40-41-43-45-47-49-51-53-55-57-59-61-63-65-67-69-71-81(99)94-76(77(98)70-68-66-64-62-60-58-56-54-52-50-48-46-44-42-34-32-30-28-26-24-22-20-18-16-14-12-10-8-6-4-2)75-107-91-87(105)84(102)89(79(73-96)109-91)112-93-88(106)85(103)90(80(74-97)110-93)111-92-86(104)83(101)82(100)78(72-95)108-92/h5,7,11,13,17,19,23,25,29,31,35-36,38-39,76-80,82-93,95-98,100-106H,3-4,6,8-10,12,14-16,18,20-22,24,26-28,30,32-34,37,40-75H2,1-2H3,(H,94,99)/b7-5-,13-11-,19-17-,25-23-,31-29-,36-35-,39-38-. The second-order valence-electron chi connectivity index (χ2n) is 32.4. The van der Waals surface area contributed by atoms with Crippen LogP contribution in [0.5, 0.6) is 0 Å². The molecule has 652 valence electrons.